The zero-order valence-corrected chi connectivity index (χ0v) is 11.1. The van der Waals surface area contributed by atoms with Gasteiger partial charge in [0.2, 0.25) is 0 Å². The van der Waals surface area contributed by atoms with Crippen LogP contribution in [0.2, 0.25) is 0 Å². The lowest BCUT2D eigenvalue weighted by atomic mass is 10.1. The molecule has 1 aromatic heterocycles. The minimum absolute atomic E-state index is 0.457. The normalized spacial score (nSPS) is 15.4. The van der Waals surface area contributed by atoms with Gasteiger partial charge in [0, 0.05) is 24.8 Å². The van der Waals surface area contributed by atoms with Gasteiger partial charge in [0.05, 0.1) is 0 Å². The molecular weight excluding hydrogens is 210 g/mol. The summed E-state index contributed by atoms with van der Waals surface area (Å²) in [7, 11) is 0. The van der Waals surface area contributed by atoms with Crippen molar-refractivity contribution in [2.24, 2.45) is 5.73 Å². The van der Waals surface area contributed by atoms with Crippen molar-refractivity contribution >= 4 is 5.82 Å². The lowest BCUT2D eigenvalue weighted by Crippen LogP contribution is -2.26. The van der Waals surface area contributed by atoms with Gasteiger partial charge in [-0.15, -0.1) is 0 Å². The van der Waals surface area contributed by atoms with Crippen LogP contribution < -0.4 is 10.6 Å². The summed E-state index contributed by atoms with van der Waals surface area (Å²) in [6.45, 7) is 8.19. The summed E-state index contributed by atoms with van der Waals surface area (Å²) in [5, 5.41) is 0. The Kier molecular flexibility index (Phi) is 3.67. The Labute approximate surface area is 104 Å². The molecule has 1 heterocycles. The van der Waals surface area contributed by atoms with E-state index in [9.17, 15) is 0 Å². The van der Waals surface area contributed by atoms with Gasteiger partial charge in [-0.1, -0.05) is 13.8 Å². The first-order valence-electron chi connectivity index (χ1n) is 6.63. The van der Waals surface area contributed by atoms with E-state index in [4.69, 9.17) is 10.7 Å². The maximum Gasteiger partial charge on any atom is 0.129 e. The predicted octanol–water partition coefficient (Wildman–Crippen LogP) is 2.65. The zero-order chi connectivity index (χ0) is 12.4. The predicted molar refractivity (Wildman–Crippen MR) is 72.3 cm³/mol. The first kappa shape index (κ1) is 12.4. The Morgan fingerprint density at radius 3 is 2.59 bits per heavy atom. The molecule has 3 nitrogen and oxygen atoms in total. The standard InChI is InChI=1S/C14H23N3/c1-4-17(12-5-6-12)14-8-11(9-15)7-13(16-14)10(2)3/h7-8,10,12H,4-6,9,15H2,1-3H3. The average Bonchev–Trinajstić information content (AvgIpc) is 3.14. The Bertz CT molecular complexity index is 383. The van der Waals surface area contributed by atoms with Gasteiger partial charge in [-0.25, -0.2) is 4.98 Å². The number of nitrogens with zero attached hydrogens (tertiary/aromatic N) is 2. The summed E-state index contributed by atoms with van der Waals surface area (Å²) in [5.74, 6) is 1.57. The fraction of sp³-hybridized carbons (Fsp3) is 0.643. The summed E-state index contributed by atoms with van der Waals surface area (Å²) < 4.78 is 0. The van der Waals surface area contributed by atoms with Crippen LogP contribution in [-0.2, 0) is 6.54 Å². The third kappa shape index (κ3) is 2.78. The van der Waals surface area contributed by atoms with Crippen molar-refractivity contribution in [3.8, 4) is 0 Å². The smallest absolute Gasteiger partial charge is 0.129 e. The lowest BCUT2D eigenvalue weighted by molar-refractivity contribution is 0.771. The summed E-state index contributed by atoms with van der Waals surface area (Å²) >= 11 is 0. The van der Waals surface area contributed by atoms with E-state index >= 15 is 0 Å². The quantitative estimate of drug-likeness (QED) is 0.850. The van der Waals surface area contributed by atoms with Gasteiger partial charge in [0.25, 0.3) is 0 Å². The van der Waals surface area contributed by atoms with Crippen LogP contribution in [-0.4, -0.2) is 17.6 Å². The second-order valence-electron chi connectivity index (χ2n) is 5.13. The van der Waals surface area contributed by atoms with Crippen molar-refractivity contribution in [2.75, 3.05) is 11.4 Å². The molecule has 1 aliphatic carbocycles. The maximum absolute atomic E-state index is 5.77. The number of anilines is 1. The van der Waals surface area contributed by atoms with Gasteiger partial charge in [-0.2, -0.15) is 0 Å². The molecule has 1 aliphatic rings. The molecule has 0 aromatic carbocycles. The van der Waals surface area contributed by atoms with Crippen molar-refractivity contribution in [1.82, 2.24) is 4.98 Å². The van der Waals surface area contributed by atoms with E-state index in [1.54, 1.807) is 0 Å². The number of rotatable bonds is 5. The molecule has 2 N–H and O–H groups in total. The fourth-order valence-corrected chi connectivity index (χ4v) is 2.15. The maximum atomic E-state index is 5.77. The van der Waals surface area contributed by atoms with Crippen LogP contribution in [0, 0.1) is 0 Å². The SMILES string of the molecule is CCN(c1cc(CN)cc(C(C)C)n1)C1CC1. The van der Waals surface area contributed by atoms with E-state index in [1.807, 2.05) is 0 Å². The molecule has 2 rings (SSSR count). The molecule has 1 saturated carbocycles. The molecular formula is C14H23N3. The largest absolute Gasteiger partial charge is 0.354 e. The van der Waals surface area contributed by atoms with Gasteiger partial charge in [0.1, 0.15) is 5.82 Å². The van der Waals surface area contributed by atoms with Crippen LogP contribution in [0.1, 0.15) is 50.8 Å². The summed E-state index contributed by atoms with van der Waals surface area (Å²) in [6.07, 6.45) is 2.61. The molecule has 0 atom stereocenters. The highest BCUT2D eigenvalue weighted by molar-refractivity contribution is 5.45. The first-order valence-corrected chi connectivity index (χ1v) is 6.63. The molecule has 3 heteroatoms. The highest BCUT2D eigenvalue weighted by Crippen LogP contribution is 2.31. The van der Waals surface area contributed by atoms with Crippen molar-refractivity contribution in [3.63, 3.8) is 0 Å². The van der Waals surface area contributed by atoms with E-state index in [0.717, 1.165) is 18.1 Å². The number of pyridine rings is 1. The third-order valence-electron chi connectivity index (χ3n) is 3.34. The Morgan fingerprint density at radius 1 is 1.41 bits per heavy atom. The minimum atomic E-state index is 0.457. The van der Waals surface area contributed by atoms with E-state index in [2.05, 4.69) is 37.8 Å². The molecule has 0 radical (unpaired) electrons. The second-order valence-corrected chi connectivity index (χ2v) is 5.13. The average molecular weight is 233 g/mol. The van der Waals surface area contributed by atoms with Crippen molar-refractivity contribution < 1.29 is 0 Å². The van der Waals surface area contributed by atoms with Gasteiger partial charge in [-0.05, 0) is 43.4 Å². The molecule has 0 spiro atoms. The lowest BCUT2D eigenvalue weighted by Gasteiger charge is -2.23. The number of hydrogen-bond donors (Lipinski definition) is 1. The van der Waals surface area contributed by atoms with E-state index < -0.39 is 0 Å². The van der Waals surface area contributed by atoms with Crippen LogP contribution in [0.25, 0.3) is 0 Å². The minimum Gasteiger partial charge on any atom is -0.354 e. The topological polar surface area (TPSA) is 42.1 Å². The first-order chi connectivity index (χ1) is 8.15. The van der Waals surface area contributed by atoms with Crippen LogP contribution in [0.15, 0.2) is 12.1 Å². The molecule has 17 heavy (non-hydrogen) atoms. The summed E-state index contributed by atoms with van der Waals surface area (Å²) in [5.41, 5.74) is 8.12. The Balaban J connectivity index is 2.34. The number of nitrogens with two attached hydrogens (primary N) is 1. The van der Waals surface area contributed by atoms with Gasteiger partial charge < -0.3 is 10.6 Å². The van der Waals surface area contributed by atoms with E-state index in [-0.39, 0.29) is 0 Å². The van der Waals surface area contributed by atoms with Gasteiger partial charge in [0.15, 0.2) is 0 Å². The summed E-state index contributed by atoms with van der Waals surface area (Å²) in [4.78, 5) is 7.19. The molecule has 1 fully saturated rings. The number of aromatic nitrogens is 1. The van der Waals surface area contributed by atoms with Crippen LogP contribution >= 0.6 is 0 Å². The van der Waals surface area contributed by atoms with E-state index in [0.29, 0.717) is 18.5 Å². The fourth-order valence-electron chi connectivity index (χ4n) is 2.15. The molecule has 0 amide bonds. The monoisotopic (exact) mass is 233 g/mol. The molecule has 94 valence electrons. The van der Waals surface area contributed by atoms with Gasteiger partial charge >= 0.3 is 0 Å². The second kappa shape index (κ2) is 5.05. The van der Waals surface area contributed by atoms with Crippen molar-refractivity contribution in [3.05, 3.63) is 23.4 Å². The zero-order valence-electron chi connectivity index (χ0n) is 11.1. The van der Waals surface area contributed by atoms with Gasteiger partial charge in [-0.3, -0.25) is 0 Å². The highest BCUT2D eigenvalue weighted by atomic mass is 15.2. The molecule has 1 aromatic rings. The Hall–Kier alpha value is -1.09. The summed E-state index contributed by atoms with van der Waals surface area (Å²) in [6, 6.07) is 4.99. The molecule has 0 unspecified atom stereocenters. The van der Waals surface area contributed by atoms with Crippen molar-refractivity contribution in [2.45, 2.75) is 52.1 Å². The molecule has 0 saturated heterocycles. The van der Waals surface area contributed by atoms with Crippen LogP contribution in [0.4, 0.5) is 5.82 Å². The molecule has 0 bridgehead atoms. The Morgan fingerprint density at radius 2 is 2.12 bits per heavy atom. The van der Waals surface area contributed by atoms with E-state index in [1.165, 1.54) is 18.4 Å². The third-order valence-corrected chi connectivity index (χ3v) is 3.34. The van der Waals surface area contributed by atoms with Crippen molar-refractivity contribution in [1.29, 1.82) is 0 Å². The highest BCUT2D eigenvalue weighted by Gasteiger charge is 2.29. The molecule has 0 aliphatic heterocycles. The van der Waals surface area contributed by atoms with Crippen LogP contribution in [0.3, 0.4) is 0 Å². The number of hydrogen-bond acceptors (Lipinski definition) is 3. The van der Waals surface area contributed by atoms with Crippen LogP contribution in [0.5, 0.6) is 0 Å².